The third kappa shape index (κ3) is 3.97. The number of rotatable bonds is 6. The van der Waals surface area contributed by atoms with Gasteiger partial charge in [-0.2, -0.15) is 11.3 Å². The van der Waals surface area contributed by atoms with Crippen molar-refractivity contribution >= 4 is 11.3 Å². The van der Waals surface area contributed by atoms with E-state index in [-0.39, 0.29) is 12.6 Å². The van der Waals surface area contributed by atoms with Crippen LogP contribution in [0.3, 0.4) is 0 Å². The van der Waals surface area contributed by atoms with Gasteiger partial charge in [-0.25, -0.2) is 0 Å². The minimum Gasteiger partial charge on any atom is -0.395 e. The molecule has 3 heteroatoms. The van der Waals surface area contributed by atoms with Gasteiger partial charge in [0.1, 0.15) is 0 Å². The maximum Gasteiger partial charge on any atom is 0.0587 e. The van der Waals surface area contributed by atoms with Crippen LogP contribution in [-0.2, 0) is 13.0 Å². The maximum absolute atomic E-state index is 9.36. The number of aliphatic hydroxyl groups is 1. The average Bonchev–Trinajstić information content (AvgIpc) is 2.89. The van der Waals surface area contributed by atoms with E-state index in [1.165, 1.54) is 11.1 Å². The van der Waals surface area contributed by atoms with Crippen LogP contribution in [0.4, 0.5) is 0 Å². The third-order valence-electron chi connectivity index (χ3n) is 2.72. The predicted octanol–water partition coefficient (Wildman–Crippen LogP) is 2.44. The van der Waals surface area contributed by atoms with Crippen molar-refractivity contribution in [2.24, 2.45) is 0 Å². The van der Waals surface area contributed by atoms with E-state index in [2.05, 4.69) is 34.3 Å². The van der Waals surface area contributed by atoms with Gasteiger partial charge in [0.2, 0.25) is 0 Å². The molecule has 0 aliphatic rings. The van der Waals surface area contributed by atoms with Crippen LogP contribution < -0.4 is 5.32 Å². The summed E-state index contributed by atoms with van der Waals surface area (Å²) in [5.74, 6) is 0. The molecule has 0 aliphatic carbocycles. The molecule has 0 saturated heterocycles. The summed E-state index contributed by atoms with van der Waals surface area (Å²) in [7, 11) is 0. The Morgan fingerprint density at radius 3 is 2.59 bits per heavy atom. The van der Waals surface area contributed by atoms with E-state index in [0.29, 0.717) is 0 Å². The fourth-order valence-electron chi connectivity index (χ4n) is 1.76. The molecule has 1 heterocycles. The van der Waals surface area contributed by atoms with Crippen LogP contribution in [0.25, 0.3) is 0 Å². The van der Waals surface area contributed by atoms with E-state index in [9.17, 15) is 5.11 Å². The molecular formula is C14H17NOS. The summed E-state index contributed by atoms with van der Waals surface area (Å²) in [6.45, 7) is 0.987. The molecule has 17 heavy (non-hydrogen) atoms. The Hall–Kier alpha value is -1.16. The number of aliphatic hydroxyl groups excluding tert-OH is 1. The Bertz CT molecular complexity index is 413. The standard InChI is InChI=1S/C14H17NOS/c16-10-14(8-12-4-2-1-3-5-12)15-9-13-6-7-17-11-13/h1-7,11,14-16H,8-10H2/t14-/m1/s1. The van der Waals surface area contributed by atoms with Crippen molar-refractivity contribution in [3.8, 4) is 0 Å². The van der Waals surface area contributed by atoms with E-state index in [1.54, 1.807) is 11.3 Å². The molecule has 0 bridgehead atoms. The number of benzene rings is 1. The van der Waals surface area contributed by atoms with Gasteiger partial charge in [0, 0.05) is 12.6 Å². The van der Waals surface area contributed by atoms with Crippen molar-refractivity contribution in [2.45, 2.75) is 19.0 Å². The Morgan fingerprint density at radius 2 is 1.94 bits per heavy atom. The van der Waals surface area contributed by atoms with Crippen LogP contribution in [0.2, 0.25) is 0 Å². The molecule has 0 saturated carbocycles. The average molecular weight is 247 g/mol. The Balaban J connectivity index is 1.85. The van der Waals surface area contributed by atoms with Crippen LogP contribution in [0.15, 0.2) is 47.2 Å². The monoisotopic (exact) mass is 247 g/mol. The van der Waals surface area contributed by atoms with Crippen molar-refractivity contribution in [3.05, 3.63) is 58.3 Å². The van der Waals surface area contributed by atoms with Crippen LogP contribution in [0.1, 0.15) is 11.1 Å². The van der Waals surface area contributed by atoms with Crippen LogP contribution in [0.5, 0.6) is 0 Å². The molecule has 0 spiro atoms. The first kappa shape index (κ1) is 12.3. The van der Waals surface area contributed by atoms with E-state index >= 15 is 0 Å². The lowest BCUT2D eigenvalue weighted by atomic mass is 10.1. The van der Waals surface area contributed by atoms with Gasteiger partial charge in [-0.3, -0.25) is 0 Å². The molecule has 2 rings (SSSR count). The van der Waals surface area contributed by atoms with Crippen LogP contribution in [-0.4, -0.2) is 17.8 Å². The molecular weight excluding hydrogens is 230 g/mol. The number of hydrogen-bond donors (Lipinski definition) is 2. The molecule has 0 aliphatic heterocycles. The fourth-order valence-corrected chi connectivity index (χ4v) is 2.42. The highest BCUT2D eigenvalue weighted by atomic mass is 32.1. The molecule has 0 fully saturated rings. The molecule has 0 amide bonds. The summed E-state index contributed by atoms with van der Waals surface area (Å²) in [6.07, 6.45) is 0.863. The molecule has 2 N–H and O–H groups in total. The quantitative estimate of drug-likeness (QED) is 0.822. The molecule has 1 atom stereocenters. The fraction of sp³-hybridized carbons (Fsp3) is 0.286. The van der Waals surface area contributed by atoms with Gasteiger partial charge in [0.15, 0.2) is 0 Å². The lowest BCUT2D eigenvalue weighted by Gasteiger charge is -2.15. The first-order valence-electron chi connectivity index (χ1n) is 5.77. The van der Waals surface area contributed by atoms with Crippen molar-refractivity contribution in [1.29, 1.82) is 0 Å². The van der Waals surface area contributed by atoms with Gasteiger partial charge in [-0.15, -0.1) is 0 Å². The van der Waals surface area contributed by atoms with E-state index < -0.39 is 0 Å². The van der Waals surface area contributed by atoms with Crippen LogP contribution >= 0.6 is 11.3 Å². The largest absolute Gasteiger partial charge is 0.395 e. The first-order valence-corrected chi connectivity index (χ1v) is 6.72. The minimum atomic E-state index is 0.122. The van der Waals surface area contributed by atoms with Gasteiger partial charge < -0.3 is 10.4 Å². The summed E-state index contributed by atoms with van der Waals surface area (Å²) in [6, 6.07) is 12.5. The molecule has 0 unspecified atom stereocenters. The van der Waals surface area contributed by atoms with Gasteiger partial charge in [-0.05, 0) is 34.4 Å². The van der Waals surface area contributed by atoms with Crippen molar-refractivity contribution in [3.63, 3.8) is 0 Å². The molecule has 1 aromatic heterocycles. The molecule has 2 aromatic rings. The highest BCUT2D eigenvalue weighted by Gasteiger charge is 2.07. The lowest BCUT2D eigenvalue weighted by Crippen LogP contribution is -2.33. The molecule has 2 nitrogen and oxygen atoms in total. The minimum absolute atomic E-state index is 0.122. The molecule has 1 aromatic carbocycles. The van der Waals surface area contributed by atoms with E-state index in [1.807, 2.05) is 18.2 Å². The summed E-state index contributed by atoms with van der Waals surface area (Å²) < 4.78 is 0. The van der Waals surface area contributed by atoms with Gasteiger partial charge in [-0.1, -0.05) is 30.3 Å². The van der Waals surface area contributed by atoms with Gasteiger partial charge in [0.25, 0.3) is 0 Å². The highest BCUT2D eigenvalue weighted by molar-refractivity contribution is 7.07. The Labute approximate surface area is 106 Å². The summed E-state index contributed by atoms with van der Waals surface area (Å²) in [5.41, 5.74) is 2.53. The Kier molecular flexibility index (Phi) is 4.74. The summed E-state index contributed by atoms with van der Waals surface area (Å²) in [4.78, 5) is 0. The van der Waals surface area contributed by atoms with Crippen molar-refractivity contribution in [1.82, 2.24) is 5.32 Å². The first-order chi connectivity index (χ1) is 8.38. The second-order valence-electron chi connectivity index (χ2n) is 4.08. The zero-order valence-electron chi connectivity index (χ0n) is 9.67. The van der Waals surface area contributed by atoms with E-state index in [0.717, 1.165) is 13.0 Å². The third-order valence-corrected chi connectivity index (χ3v) is 3.45. The van der Waals surface area contributed by atoms with E-state index in [4.69, 9.17) is 0 Å². The Morgan fingerprint density at radius 1 is 1.12 bits per heavy atom. The molecule has 0 radical (unpaired) electrons. The summed E-state index contributed by atoms with van der Waals surface area (Å²) in [5, 5.41) is 16.9. The zero-order valence-corrected chi connectivity index (χ0v) is 10.5. The van der Waals surface area contributed by atoms with Crippen molar-refractivity contribution < 1.29 is 5.11 Å². The van der Waals surface area contributed by atoms with Gasteiger partial charge >= 0.3 is 0 Å². The summed E-state index contributed by atoms with van der Waals surface area (Å²) >= 11 is 1.70. The lowest BCUT2D eigenvalue weighted by molar-refractivity contribution is 0.241. The second-order valence-corrected chi connectivity index (χ2v) is 4.86. The number of hydrogen-bond acceptors (Lipinski definition) is 3. The predicted molar refractivity (Wildman–Crippen MR) is 72.2 cm³/mol. The van der Waals surface area contributed by atoms with Crippen LogP contribution in [0, 0.1) is 0 Å². The topological polar surface area (TPSA) is 32.3 Å². The zero-order chi connectivity index (χ0) is 11.9. The SMILES string of the molecule is OC[C@@H](Cc1ccccc1)NCc1ccsc1. The highest BCUT2D eigenvalue weighted by Crippen LogP contribution is 2.07. The van der Waals surface area contributed by atoms with Crippen molar-refractivity contribution in [2.75, 3.05) is 6.61 Å². The van der Waals surface area contributed by atoms with Gasteiger partial charge in [0.05, 0.1) is 6.61 Å². The number of nitrogens with one attached hydrogen (secondary N) is 1. The number of thiophene rings is 1. The maximum atomic E-state index is 9.36. The molecule has 90 valence electrons. The normalized spacial score (nSPS) is 12.5. The smallest absolute Gasteiger partial charge is 0.0587 e. The second kappa shape index (κ2) is 6.55.